The van der Waals surface area contributed by atoms with Crippen LogP contribution in [0.4, 0.5) is 5.69 Å². The number of aryl methyl sites for hydroxylation is 1. The number of aromatic nitrogens is 2. The fourth-order valence-corrected chi connectivity index (χ4v) is 2.87. The van der Waals surface area contributed by atoms with Crippen LogP contribution in [0.2, 0.25) is 0 Å². The summed E-state index contributed by atoms with van der Waals surface area (Å²) in [6.07, 6.45) is 0. The molecule has 104 valence electrons. The van der Waals surface area contributed by atoms with E-state index in [1.165, 1.54) is 0 Å². The van der Waals surface area contributed by atoms with Crippen molar-refractivity contribution in [2.24, 2.45) is 0 Å². The first kappa shape index (κ1) is 13.1. The van der Waals surface area contributed by atoms with E-state index in [1.807, 2.05) is 24.4 Å². The predicted octanol–water partition coefficient (Wildman–Crippen LogP) is 4.14. The van der Waals surface area contributed by atoms with Crippen LogP contribution in [0.15, 0.2) is 21.9 Å². The summed E-state index contributed by atoms with van der Waals surface area (Å²) in [5.74, 6) is 2.40. The van der Waals surface area contributed by atoms with Crippen molar-refractivity contribution >= 4 is 27.2 Å². The fraction of sp³-hybridized carbons (Fsp3) is 0.333. The topological polar surface area (TPSA) is 64.9 Å². The van der Waals surface area contributed by atoms with E-state index < -0.39 is 0 Å². The molecule has 20 heavy (non-hydrogen) atoms. The first-order chi connectivity index (χ1) is 9.36. The Morgan fingerprint density at radius 3 is 2.55 bits per heavy atom. The Labute approximate surface area is 121 Å². The molecule has 0 aliphatic rings. The monoisotopic (exact) mass is 287 g/mol. The van der Waals surface area contributed by atoms with Gasteiger partial charge >= 0.3 is 0 Å². The van der Waals surface area contributed by atoms with Crippen molar-refractivity contribution in [3.05, 3.63) is 29.1 Å². The Morgan fingerprint density at radius 1 is 1.20 bits per heavy atom. The Bertz CT molecular complexity index is 780. The molecule has 0 radical (unpaired) electrons. The van der Waals surface area contributed by atoms with Crippen molar-refractivity contribution < 1.29 is 4.42 Å². The van der Waals surface area contributed by atoms with Crippen molar-refractivity contribution in [2.75, 3.05) is 5.73 Å². The first-order valence-corrected chi connectivity index (χ1v) is 7.36. The predicted molar refractivity (Wildman–Crippen MR) is 83.0 cm³/mol. The Balaban J connectivity index is 2.35. The fourth-order valence-electron chi connectivity index (χ4n) is 2.04. The van der Waals surface area contributed by atoms with Gasteiger partial charge in [-0.1, -0.05) is 20.8 Å². The molecule has 3 aromatic rings. The number of rotatable bonds is 1. The molecule has 0 atom stereocenters. The number of nitrogens with zero attached hydrogens (tertiary/aromatic N) is 2. The van der Waals surface area contributed by atoms with E-state index in [2.05, 4.69) is 25.8 Å². The van der Waals surface area contributed by atoms with Crippen molar-refractivity contribution in [2.45, 2.75) is 33.1 Å². The molecule has 3 heterocycles. The average molecular weight is 287 g/mol. The van der Waals surface area contributed by atoms with Crippen LogP contribution in [-0.4, -0.2) is 9.97 Å². The molecule has 0 amide bonds. The second-order valence-electron chi connectivity index (χ2n) is 5.93. The van der Waals surface area contributed by atoms with Crippen LogP contribution in [0.25, 0.3) is 21.7 Å². The quantitative estimate of drug-likeness (QED) is 0.730. The second-order valence-corrected chi connectivity index (χ2v) is 6.79. The zero-order chi connectivity index (χ0) is 14.5. The van der Waals surface area contributed by atoms with Crippen molar-refractivity contribution in [3.8, 4) is 11.5 Å². The van der Waals surface area contributed by atoms with E-state index >= 15 is 0 Å². The first-order valence-electron chi connectivity index (χ1n) is 6.48. The third kappa shape index (κ3) is 2.08. The molecule has 4 nitrogen and oxygen atoms in total. The van der Waals surface area contributed by atoms with Gasteiger partial charge in [0.25, 0.3) is 0 Å². The molecular formula is C15H17N3OS. The summed E-state index contributed by atoms with van der Waals surface area (Å²) in [4.78, 5) is 10.3. The number of thiophene rings is 1. The van der Waals surface area contributed by atoms with Gasteiger partial charge in [-0.05, 0) is 19.1 Å². The van der Waals surface area contributed by atoms with E-state index in [1.54, 1.807) is 11.3 Å². The number of hydrogen-bond donors (Lipinski definition) is 1. The van der Waals surface area contributed by atoms with E-state index in [4.69, 9.17) is 15.1 Å². The highest BCUT2D eigenvalue weighted by atomic mass is 32.1. The zero-order valence-corrected chi connectivity index (χ0v) is 12.8. The average Bonchev–Trinajstić information content (AvgIpc) is 2.94. The van der Waals surface area contributed by atoms with Crippen LogP contribution in [0.1, 0.15) is 32.4 Å². The van der Waals surface area contributed by atoms with E-state index in [-0.39, 0.29) is 5.41 Å². The van der Waals surface area contributed by atoms with Crippen LogP contribution in [0.5, 0.6) is 0 Å². The van der Waals surface area contributed by atoms with Crippen molar-refractivity contribution in [1.82, 2.24) is 9.97 Å². The lowest BCUT2D eigenvalue weighted by Gasteiger charge is -2.17. The van der Waals surface area contributed by atoms with Crippen molar-refractivity contribution in [1.29, 1.82) is 0 Å². The maximum absolute atomic E-state index is 6.07. The molecule has 3 aromatic heterocycles. The van der Waals surface area contributed by atoms with E-state index in [0.29, 0.717) is 5.69 Å². The number of furan rings is 1. The smallest absolute Gasteiger partial charge is 0.153 e. The minimum absolute atomic E-state index is 0.122. The van der Waals surface area contributed by atoms with Gasteiger partial charge in [-0.2, -0.15) is 0 Å². The molecule has 0 spiro atoms. The number of nitrogens with two attached hydrogens (primary N) is 1. The Kier molecular flexibility index (Phi) is 2.83. The van der Waals surface area contributed by atoms with Crippen LogP contribution in [-0.2, 0) is 5.41 Å². The molecule has 3 rings (SSSR count). The standard InChI is InChI=1S/C15H17N3OS/c1-8-5-6-10(19-8)12-11-9(16)7-20-13(11)18-14(17-12)15(2,3)4/h5-7H,16H2,1-4H3. The largest absolute Gasteiger partial charge is 0.460 e. The SMILES string of the molecule is Cc1ccc(-c2nc(C(C)(C)C)nc3scc(N)c23)o1. The number of fused-ring (bicyclic) bond motifs is 1. The van der Waals surface area contributed by atoms with Crippen LogP contribution in [0, 0.1) is 6.92 Å². The highest BCUT2D eigenvalue weighted by Crippen LogP contribution is 2.36. The van der Waals surface area contributed by atoms with Gasteiger partial charge in [-0.15, -0.1) is 11.3 Å². The molecule has 0 saturated heterocycles. The van der Waals surface area contributed by atoms with Gasteiger partial charge in [-0.3, -0.25) is 0 Å². The summed E-state index contributed by atoms with van der Waals surface area (Å²) in [6, 6.07) is 3.86. The Hall–Kier alpha value is -1.88. The summed E-state index contributed by atoms with van der Waals surface area (Å²) in [5.41, 5.74) is 7.43. The number of anilines is 1. The second kappa shape index (κ2) is 4.31. The lowest BCUT2D eigenvalue weighted by atomic mass is 9.95. The van der Waals surface area contributed by atoms with Crippen molar-refractivity contribution in [3.63, 3.8) is 0 Å². The normalized spacial score (nSPS) is 12.2. The molecule has 0 bridgehead atoms. The zero-order valence-electron chi connectivity index (χ0n) is 12.0. The van der Waals surface area contributed by atoms with Crippen LogP contribution >= 0.6 is 11.3 Å². The summed E-state index contributed by atoms with van der Waals surface area (Å²) >= 11 is 1.54. The third-order valence-electron chi connectivity index (χ3n) is 3.11. The van der Waals surface area contributed by atoms with Crippen LogP contribution in [0.3, 0.4) is 0 Å². The molecule has 0 saturated carbocycles. The van der Waals surface area contributed by atoms with Gasteiger partial charge in [-0.25, -0.2) is 9.97 Å². The van der Waals surface area contributed by atoms with Gasteiger partial charge in [0.05, 0.1) is 11.1 Å². The maximum atomic E-state index is 6.07. The highest BCUT2D eigenvalue weighted by molar-refractivity contribution is 7.17. The third-order valence-corrected chi connectivity index (χ3v) is 4.00. The van der Waals surface area contributed by atoms with Gasteiger partial charge in [0.2, 0.25) is 0 Å². The molecule has 0 fully saturated rings. The van der Waals surface area contributed by atoms with Gasteiger partial charge in [0, 0.05) is 10.8 Å². The minimum atomic E-state index is -0.122. The van der Waals surface area contributed by atoms with Gasteiger partial charge < -0.3 is 10.2 Å². The summed E-state index contributed by atoms with van der Waals surface area (Å²) in [7, 11) is 0. The number of nitrogen functional groups attached to an aromatic ring is 1. The highest BCUT2D eigenvalue weighted by Gasteiger charge is 2.23. The molecular weight excluding hydrogens is 270 g/mol. The molecule has 0 unspecified atom stereocenters. The summed E-state index contributed by atoms with van der Waals surface area (Å²) in [5, 5.41) is 2.79. The number of hydrogen-bond acceptors (Lipinski definition) is 5. The summed E-state index contributed by atoms with van der Waals surface area (Å²) in [6.45, 7) is 8.22. The van der Waals surface area contributed by atoms with E-state index in [9.17, 15) is 0 Å². The molecule has 5 heteroatoms. The molecule has 0 aliphatic heterocycles. The van der Waals surface area contributed by atoms with Gasteiger partial charge in [0.15, 0.2) is 5.76 Å². The lowest BCUT2D eigenvalue weighted by molar-refractivity contribution is 0.536. The Morgan fingerprint density at radius 2 is 1.95 bits per heavy atom. The van der Waals surface area contributed by atoms with Crippen LogP contribution < -0.4 is 5.73 Å². The maximum Gasteiger partial charge on any atom is 0.153 e. The summed E-state index contributed by atoms with van der Waals surface area (Å²) < 4.78 is 5.73. The molecule has 0 aliphatic carbocycles. The molecule has 2 N–H and O–H groups in total. The minimum Gasteiger partial charge on any atom is -0.460 e. The lowest BCUT2D eigenvalue weighted by Crippen LogP contribution is -2.16. The van der Waals surface area contributed by atoms with E-state index in [0.717, 1.165) is 33.3 Å². The van der Waals surface area contributed by atoms with Gasteiger partial charge in [0.1, 0.15) is 22.1 Å². The molecule has 0 aromatic carbocycles.